The van der Waals surface area contributed by atoms with E-state index in [1.165, 1.54) is 6.42 Å². The van der Waals surface area contributed by atoms with Crippen molar-refractivity contribution in [2.45, 2.75) is 128 Å². The van der Waals surface area contributed by atoms with Gasteiger partial charge in [0.2, 0.25) is 0 Å². The summed E-state index contributed by atoms with van der Waals surface area (Å²) in [6.07, 6.45) is 21.1. The first-order valence-electron chi connectivity index (χ1n) is 14.7. The lowest BCUT2D eigenvalue weighted by Gasteiger charge is -2.37. The number of carbonyl (C=O) groups is 2. The van der Waals surface area contributed by atoms with Crippen LogP contribution in [0.3, 0.4) is 0 Å². The van der Waals surface area contributed by atoms with E-state index in [9.17, 15) is 14.7 Å². The van der Waals surface area contributed by atoms with Gasteiger partial charge in [0.05, 0.1) is 0 Å². The zero-order chi connectivity index (χ0) is 26.3. The maximum Gasteiger partial charge on any atom is 0.364 e. The third-order valence-corrected chi connectivity index (χ3v) is 7.75. The van der Waals surface area contributed by atoms with Gasteiger partial charge in [-0.15, -0.1) is 0 Å². The molecular formula is C30H48O7. The first-order chi connectivity index (χ1) is 18.0. The van der Waals surface area contributed by atoms with Crippen molar-refractivity contribution in [3.8, 4) is 0 Å². The van der Waals surface area contributed by atoms with Crippen molar-refractivity contribution in [1.82, 2.24) is 0 Å². The molecule has 0 bridgehead atoms. The highest BCUT2D eigenvalue weighted by Gasteiger charge is 2.46. The van der Waals surface area contributed by atoms with Gasteiger partial charge >= 0.3 is 5.97 Å². The molecule has 37 heavy (non-hydrogen) atoms. The number of carboxylic acids is 1. The van der Waals surface area contributed by atoms with Crippen LogP contribution in [0.25, 0.3) is 0 Å². The van der Waals surface area contributed by atoms with Gasteiger partial charge in [-0.1, -0.05) is 37.6 Å². The molecule has 2 heterocycles. The molecule has 2 aliphatic heterocycles. The molecule has 7 heteroatoms. The van der Waals surface area contributed by atoms with Crippen molar-refractivity contribution in [3.05, 3.63) is 24.3 Å². The van der Waals surface area contributed by atoms with Crippen LogP contribution in [0, 0.1) is 11.8 Å². The molecule has 4 atom stereocenters. The molecule has 0 aromatic heterocycles. The SMILES string of the molecule is CCCC=CCCC[C@H]1CCC(=O)[C@@H]1CC=CCCC(OC1CCCCO1)(OC1CCCCO1)C(=O)O. The van der Waals surface area contributed by atoms with E-state index in [4.69, 9.17) is 18.9 Å². The average molecular weight is 521 g/mol. The van der Waals surface area contributed by atoms with E-state index in [1.807, 2.05) is 12.2 Å². The van der Waals surface area contributed by atoms with Crippen LogP contribution in [-0.4, -0.2) is 48.4 Å². The van der Waals surface area contributed by atoms with Crippen LogP contribution < -0.4 is 0 Å². The number of rotatable bonds is 16. The van der Waals surface area contributed by atoms with Crippen molar-refractivity contribution in [2.24, 2.45) is 11.8 Å². The molecule has 3 rings (SSSR count). The van der Waals surface area contributed by atoms with Gasteiger partial charge in [-0.05, 0) is 89.4 Å². The lowest BCUT2D eigenvalue weighted by molar-refractivity contribution is -0.352. The highest BCUT2D eigenvalue weighted by atomic mass is 16.8. The highest BCUT2D eigenvalue weighted by molar-refractivity contribution is 5.83. The summed E-state index contributed by atoms with van der Waals surface area (Å²) in [6.45, 7) is 3.31. The Morgan fingerprint density at radius 1 is 0.946 bits per heavy atom. The van der Waals surface area contributed by atoms with Crippen LogP contribution in [0.4, 0.5) is 0 Å². The van der Waals surface area contributed by atoms with Gasteiger partial charge in [-0.2, -0.15) is 0 Å². The minimum atomic E-state index is -1.81. The summed E-state index contributed by atoms with van der Waals surface area (Å²) in [5.74, 6) is -2.06. The summed E-state index contributed by atoms with van der Waals surface area (Å²) in [6, 6.07) is 0. The van der Waals surface area contributed by atoms with Gasteiger partial charge in [0, 0.05) is 32.0 Å². The fraction of sp³-hybridized carbons (Fsp3) is 0.800. The number of hydrogen-bond donors (Lipinski definition) is 1. The number of carbonyl (C=O) groups excluding carboxylic acids is 1. The average Bonchev–Trinajstić information content (AvgIpc) is 3.25. The van der Waals surface area contributed by atoms with Crippen LogP contribution in [0.15, 0.2) is 24.3 Å². The molecule has 2 unspecified atom stereocenters. The van der Waals surface area contributed by atoms with Crippen molar-refractivity contribution in [1.29, 1.82) is 0 Å². The van der Waals surface area contributed by atoms with Crippen LogP contribution in [0.2, 0.25) is 0 Å². The minimum absolute atomic E-state index is 0.0823. The number of unbranched alkanes of at least 4 members (excludes halogenated alkanes) is 2. The predicted molar refractivity (Wildman–Crippen MR) is 142 cm³/mol. The van der Waals surface area contributed by atoms with Crippen LogP contribution >= 0.6 is 0 Å². The molecule has 1 aliphatic carbocycles. The Morgan fingerprint density at radius 3 is 2.19 bits per heavy atom. The fourth-order valence-corrected chi connectivity index (χ4v) is 5.57. The standard InChI is InChI=1S/C30H48O7/c1-2-3-4-5-6-8-15-24-19-20-26(31)25(24)16-9-7-12-21-30(29(32)33,36-27-17-10-13-22-34-27)37-28-18-11-14-23-35-28/h4-5,7,9,24-25,27-28H,2-3,6,8,10-23H2,1H3,(H,32,33)/t24-,25+,27?,28?,30?/m0/s1. The summed E-state index contributed by atoms with van der Waals surface area (Å²) >= 11 is 0. The van der Waals surface area contributed by atoms with Gasteiger partial charge in [0.1, 0.15) is 5.78 Å². The van der Waals surface area contributed by atoms with E-state index in [1.54, 1.807) is 0 Å². The number of ether oxygens (including phenoxy) is 4. The quantitative estimate of drug-likeness (QED) is 0.137. The van der Waals surface area contributed by atoms with E-state index >= 15 is 0 Å². The monoisotopic (exact) mass is 520 g/mol. The summed E-state index contributed by atoms with van der Waals surface area (Å²) in [7, 11) is 0. The van der Waals surface area contributed by atoms with E-state index in [0.717, 1.165) is 57.8 Å². The molecule has 0 spiro atoms. The predicted octanol–water partition coefficient (Wildman–Crippen LogP) is 6.70. The molecule has 0 aromatic rings. The third kappa shape index (κ3) is 9.93. The molecule has 0 aromatic carbocycles. The van der Waals surface area contributed by atoms with E-state index in [-0.39, 0.29) is 12.3 Å². The minimum Gasteiger partial charge on any atom is -0.477 e. The molecular weight excluding hydrogens is 472 g/mol. The van der Waals surface area contributed by atoms with Crippen molar-refractivity contribution >= 4 is 11.8 Å². The number of carboxylic acid groups (broad SMARTS) is 1. The lowest BCUT2D eigenvalue weighted by atomic mass is 9.88. The van der Waals surface area contributed by atoms with E-state index in [0.29, 0.717) is 57.0 Å². The summed E-state index contributed by atoms with van der Waals surface area (Å²) in [5.41, 5.74) is 0. The normalized spacial score (nSPS) is 28.7. The first kappa shape index (κ1) is 30.0. The Bertz CT molecular complexity index is 714. The molecule has 3 aliphatic rings. The molecule has 210 valence electrons. The van der Waals surface area contributed by atoms with Gasteiger partial charge in [0.15, 0.2) is 12.6 Å². The molecule has 0 amide bonds. The number of ketones is 1. The molecule has 1 N–H and O–H groups in total. The number of allylic oxidation sites excluding steroid dienone is 4. The Morgan fingerprint density at radius 2 is 1.59 bits per heavy atom. The van der Waals surface area contributed by atoms with Gasteiger partial charge in [-0.3, -0.25) is 4.79 Å². The van der Waals surface area contributed by atoms with Crippen molar-refractivity contribution in [2.75, 3.05) is 13.2 Å². The molecule has 2 saturated heterocycles. The van der Waals surface area contributed by atoms with Crippen molar-refractivity contribution in [3.63, 3.8) is 0 Å². The second kappa shape index (κ2) is 16.4. The molecule has 3 fully saturated rings. The molecule has 7 nitrogen and oxygen atoms in total. The van der Waals surface area contributed by atoms with E-state index in [2.05, 4.69) is 19.1 Å². The second-order valence-electron chi connectivity index (χ2n) is 10.7. The highest BCUT2D eigenvalue weighted by Crippen LogP contribution is 2.36. The first-order valence-corrected chi connectivity index (χ1v) is 14.7. The Hall–Kier alpha value is -1.54. The summed E-state index contributed by atoms with van der Waals surface area (Å²) in [5, 5.41) is 10.2. The number of Topliss-reactive ketones (excluding diaryl/α,β-unsaturated/α-hetero) is 1. The molecule has 0 radical (unpaired) electrons. The zero-order valence-corrected chi connectivity index (χ0v) is 22.7. The third-order valence-electron chi connectivity index (χ3n) is 7.75. The van der Waals surface area contributed by atoms with E-state index < -0.39 is 24.3 Å². The summed E-state index contributed by atoms with van der Waals surface area (Å²) < 4.78 is 23.4. The number of hydrogen-bond acceptors (Lipinski definition) is 6. The maximum absolute atomic E-state index is 12.5. The van der Waals surface area contributed by atoms with Crippen LogP contribution in [0.5, 0.6) is 0 Å². The second-order valence-corrected chi connectivity index (χ2v) is 10.7. The topological polar surface area (TPSA) is 91.3 Å². The zero-order valence-electron chi connectivity index (χ0n) is 22.7. The largest absolute Gasteiger partial charge is 0.477 e. The number of aliphatic carboxylic acids is 1. The smallest absolute Gasteiger partial charge is 0.364 e. The van der Waals surface area contributed by atoms with Crippen LogP contribution in [-0.2, 0) is 28.5 Å². The Balaban J connectivity index is 1.53. The van der Waals surface area contributed by atoms with Gasteiger partial charge < -0.3 is 24.1 Å². The van der Waals surface area contributed by atoms with Gasteiger partial charge in [0.25, 0.3) is 5.79 Å². The van der Waals surface area contributed by atoms with Crippen LogP contribution in [0.1, 0.15) is 110 Å². The molecule has 1 saturated carbocycles. The Kier molecular flexibility index (Phi) is 13.3. The Labute approximate surface area is 222 Å². The lowest BCUT2D eigenvalue weighted by Crippen LogP contribution is -2.51. The van der Waals surface area contributed by atoms with Crippen molar-refractivity contribution < 1.29 is 33.6 Å². The van der Waals surface area contributed by atoms with Gasteiger partial charge in [-0.25, -0.2) is 4.79 Å². The maximum atomic E-state index is 12.5. The summed E-state index contributed by atoms with van der Waals surface area (Å²) in [4.78, 5) is 25.0. The fourth-order valence-electron chi connectivity index (χ4n) is 5.57.